The van der Waals surface area contributed by atoms with Gasteiger partial charge in [-0.2, -0.15) is 0 Å². The van der Waals surface area contributed by atoms with Crippen LogP contribution in [0.4, 0.5) is 4.79 Å². The highest BCUT2D eigenvalue weighted by Crippen LogP contribution is 2.22. The molecule has 98 valence electrons. The van der Waals surface area contributed by atoms with Gasteiger partial charge in [-0.25, -0.2) is 4.79 Å². The predicted molar refractivity (Wildman–Crippen MR) is 69.4 cm³/mol. The first kappa shape index (κ1) is 13.0. The molecule has 1 aromatic carbocycles. The van der Waals surface area contributed by atoms with Crippen molar-refractivity contribution in [3.05, 3.63) is 48.0 Å². The second-order valence-electron chi connectivity index (χ2n) is 4.79. The van der Waals surface area contributed by atoms with Gasteiger partial charge in [0, 0.05) is 11.6 Å². The van der Waals surface area contributed by atoms with Crippen LogP contribution in [0.1, 0.15) is 24.2 Å². The van der Waals surface area contributed by atoms with E-state index in [0.717, 1.165) is 4.90 Å². The number of imide groups is 2. The van der Waals surface area contributed by atoms with Crippen LogP contribution >= 0.6 is 0 Å². The Hall–Kier alpha value is -2.43. The van der Waals surface area contributed by atoms with Gasteiger partial charge in [-0.05, 0) is 26.0 Å². The minimum Gasteiger partial charge on any atom is -0.273 e. The summed E-state index contributed by atoms with van der Waals surface area (Å²) >= 11 is 0. The molecule has 1 aliphatic heterocycles. The Balaban J connectivity index is 2.11. The van der Waals surface area contributed by atoms with E-state index in [0.29, 0.717) is 5.56 Å². The molecule has 1 N–H and O–H groups in total. The van der Waals surface area contributed by atoms with Crippen molar-refractivity contribution in [2.24, 2.45) is 0 Å². The van der Waals surface area contributed by atoms with Gasteiger partial charge in [-0.1, -0.05) is 24.3 Å². The Morgan fingerprint density at radius 3 is 2.32 bits per heavy atom. The molecule has 0 saturated heterocycles. The van der Waals surface area contributed by atoms with Crippen LogP contribution in [-0.4, -0.2) is 28.3 Å². The maximum atomic E-state index is 12.0. The number of nitrogens with zero attached hydrogens (tertiary/aromatic N) is 1. The minimum absolute atomic E-state index is 0.369. The predicted octanol–water partition coefficient (Wildman–Crippen LogP) is 1.71. The van der Waals surface area contributed by atoms with Gasteiger partial charge >= 0.3 is 6.03 Å². The van der Waals surface area contributed by atoms with Gasteiger partial charge in [-0.15, -0.1) is 0 Å². The average Bonchev–Trinajstić information content (AvgIpc) is 2.64. The number of hydrogen-bond acceptors (Lipinski definition) is 3. The molecule has 19 heavy (non-hydrogen) atoms. The average molecular weight is 258 g/mol. The van der Waals surface area contributed by atoms with Gasteiger partial charge in [0.1, 0.15) is 0 Å². The fourth-order valence-corrected chi connectivity index (χ4v) is 1.88. The quantitative estimate of drug-likeness (QED) is 0.834. The SMILES string of the molecule is CC1(C)C=CC(=O)N1C(=O)NC(=O)c1ccccc1. The van der Waals surface area contributed by atoms with E-state index >= 15 is 0 Å². The molecule has 1 aliphatic rings. The molecule has 0 atom stereocenters. The smallest absolute Gasteiger partial charge is 0.273 e. The van der Waals surface area contributed by atoms with Gasteiger partial charge < -0.3 is 0 Å². The van der Waals surface area contributed by atoms with Crippen LogP contribution in [-0.2, 0) is 4.79 Å². The molecule has 0 aliphatic carbocycles. The summed E-state index contributed by atoms with van der Waals surface area (Å²) in [6.07, 6.45) is 2.95. The first-order chi connectivity index (χ1) is 8.92. The molecule has 0 spiro atoms. The van der Waals surface area contributed by atoms with E-state index in [1.54, 1.807) is 50.3 Å². The van der Waals surface area contributed by atoms with Crippen molar-refractivity contribution in [2.45, 2.75) is 19.4 Å². The van der Waals surface area contributed by atoms with Gasteiger partial charge in [0.25, 0.3) is 11.8 Å². The third-order valence-electron chi connectivity index (χ3n) is 2.89. The number of benzene rings is 1. The summed E-state index contributed by atoms with van der Waals surface area (Å²) in [6, 6.07) is 7.65. The van der Waals surface area contributed by atoms with E-state index in [1.165, 1.54) is 6.08 Å². The Bertz CT molecular complexity index is 561. The second-order valence-corrected chi connectivity index (χ2v) is 4.79. The zero-order valence-electron chi connectivity index (χ0n) is 10.7. The second kappa shape index (κ2) is 4.68. The Labute approximate surface area is 110 Å². The summed E-state index contributed by atoms with van der Waals surface area (Å²) in [4.78, 5) is 36.5. The highest BCUT2D eigenvalue weighted by Gasteiger charge is 2.38. The highest BCUT2D eigenvalue weighted by atomic mass is 16.2. The normalized spacial score (nSPS) is 16.5. The molecule has 0 saturated carbocycles. The first-order valence-corrected chi connectivity index (χ1v) is 5.85. The maximum absolute atomic E-state index is 12.0. The fraction of sp³-hybridized carbons (Fsp3) is 0.214. The van der Waals surface area contributed by atoms with E-state index in [4.69, 9.17) is 0 Å². The minimum atomic E-state index is -0.724. The molecule has 2 rings (SSSR count). The van der Waals surface area contributed by atoms with Crippen molar-refractivity contribution in [1.29, 1.82) is 0 Å². The lowest BCUT2D eigenvalue weighted by atomic mass is 10.1. The largest absolute Gasteiger partial charge is 0.332 e. The molecule has 5 nitrogen and oxygen atoms in total. The number of hydrogen-bond donors (Lipinski definition) is 1. The molecule has 0 aromatic heterocycles. The van der Waals surface area contributed by atoms with E-state index in [2.05, 4.69) is 5.32 Å². The van der Waals surface area contributed by atoms with Gasteiger partial charge in [0.15, 0.2) is 0 Å². The summed E-state index contributed by atoms with van der Waals surface area (Å²) in [5.41, 5.74) is -0.355. The van der Waals surface area contributed by atoms with Crippen LogP contribution in [0.15, 0.2) is 42.5 Å². The first-order valence-electron chi connectivity index (χ1n) is 5.85. The van der Waals surface area contributed by atoms with Gasteiger partial charge in [-0.3, -0.25) is 19.8 Å². The zero-order chi connectivity index (χ0) is 14.0. The molecule has 0 fully saturated rings. The van der Waals surface area contributed by atoms with Crippen molar-refractivity contribution in [2.75, 3.05) is 0 Å². The fourth-order valence-electron chi connectivity index (χ4n) is 1.88. The molecule has 4 amide bonds. The summed E-state index contributed by atoms with van der Waals surface area (Å²) in [7, 11) is 0. The summed E-state index contributed by atoms with van der Waals surface area (Å²) in [5, 5.41) is 2.21. The van der Waals surface area contributed by atoms with Crippen molar-refractivity contribution in [3.63, 3.8) is 0 Å². The van der Waals surface area contributed by atoms with Crippen molar-refractivity contribution < 1.29 is 14.4 Å². The Kier molecular flexibility index (Phi) is 3.21. The van der Waals surface area contributed by atoms with E-state index in [1.807, 2.05) is 0 Å². The number of urea groups is 1. The topological polar surface area (TPSA) is 66.5 Å². The van der Waals surface area contributed by atoms with Crippen molar-refractivity contribution in [3.8, 4) is 0 Å². The lowest BCUT2D eigenvalue weighted by Gasteiger charge is -2.28. The summed E-state index contributed by atoms with van der Waals surface area (Å²) in [5.74, 6) is -0.954. The number of amides is 4. The van der Waals surface area contributed by atoms with Crippen LogP contribution in [0.3, 0.4) is 0 Å². The molecule has 1 aromatic rings. The summed E-state index contributed by atoms with van der Waals surface area (Å²) in [6.45, 7) is 3.45. The van der Waals surface area contributed by atoms with E-state index in [9.17, 15) is 14.4 Å². The number of carbonyl (C=O) groups is 3. The lowest BCUT2D eigenvalue weighted by molar-refractivity contribution is -0.124. The third kappa shape index (κ3) is 2.54. The van der Waals surface area contributed by atoms with Crippen LogP contribution in [0.25, 0.3) is 0 Å². The standard InChI is InChI=1S/C14H14N2O3/c1-14(2)9-8-11(17)16(14)13(19)15-12(18)10-6-4-3-5-7-10/h3-9H,1-2H3,(H,15,18,19). The molecular formula is C14H14N2O3. The molecule has 0 bridgehead atoms. The molecule has 5 heteroatoms. The lowest BCUT2D eigenvalue weighted by Crippen LogP contribution is -2.51. The Morgan fingerprint density at radius 2 is 1.79 bits per heavy atom. The number of nitrogens with one attached hydrogen (secondary N) is 1. The number of rotatable bonds is 1. The summed E-state index contributed by atoms with van der Waals surface area (Å²) < 4.78 is 0. The molecular weight excluding hydrogens is 244 g/mol. The maximum Gasteiger partial charge on any atom is 0.332 e. The monoisotopic (exact) mass is 258 g/mol. The molecule has 0 radical (unpaired) electrons. The van der Waals surface area contributed by atoms with Crippen molar-refractivity contribution in [1.82, 2.24) is 10.2 Å². The van der Waals surface area contributed by atoms with Gasteiger partial charge in [0.05, 0.1) is 5.54 Å². The van der Waals surface area contributed by atoms with Crippen LogP contribution < -0.4 is 5.32 Å². The molecule has 0 unspecified atom stereocenters. The Morgan fingerprint density at radius 1 is 1.16 bits per heavy atom. The molecule has 1 heterocycles. The number of carbonyl (C=O) groups excluding carboxylic acids is 3. The third-order valence-corrected chi connectivity index (χ3v) is 2.89. The van der Waals surface area contributed by atoms with Crippen LogP contribution in [0, 0.1) is 0 Å². The van der Waals surface area contributed by atoms with Crippen LogP contribution in [0.5, 0.6) is 0 Å². The zero-order valence-corrected chi connectivity index (χ0v) is 10.7. The van der Waals surface area contributed by atoms with Gasteiger partial charge in [0.2, 0.25) is 0 Å². The highest BCUT2D eigenvalue weighted by molar-refractivity contribution is 6.11. The van der Waals surface area contributed by atoms with E-state index in [-0.39, 0.29) is 0 Å². The van der Waals surface area contributed by atoms with Crippen molar-refractivity contribution >= 4 is 17.8 Å². The van der Waals surface area contributed by atoms with Crippen LogP contribution in [0.2, 0.25) is 0 Å². The van der Waals surface area contributed by atoms with E-state index < -0.39 is 23.4 Å².